The first-order valence-corrected chi connectivity index (χ1v) is 13.0. The molecular weight excluding hydrogens is 448 g/mol. The first-order chi connectivity index (χ1) is 17.0. The van der Waals surface area contributed by atoms with Crippen LogP contribution in [0.3, 0.4) is 0 Å². The first kappa shape index (κ1) is 25.1. The second-order valence-electron chi connectivity index (χ2n) is 9.85. The highest BCUT2D eigenvalue weighted by molar-refractivity contribution is 5.72. The number of hydrogen-bond acceptors (Lipinski definition) is 9. The minimum atomic E-state index is -0.651. The molecule has 2 N–H and O–H groups in total. The molecule has 1 aliphatic heterocycles. The lowest BCUT2D eigenvalue weighted by atomic mass is 9.95. The van der Waals surface area contributed by atoms with Gasteiger partial charge in [-0.25, -0.2) is 9.78 Å². The molecular formula is C26H38N4O5. The number of anilines is 2. The number of carbonyl (C=O) groups excluding carboxylic acids is 2. The van der Waals surface area contributed by atoms with Crippen LogP contribution in [-0.2, 0) is 19.0 Å². The number of hydrogen-bond donors (Lipinski definition) is 1. The Hall–Kier alpha value is -2.97. The Kier molecular flexibility index (Phi) is 8.71. The summed E-state index contributed by atoms with van der Waals surface area (Å²) in [6, 6.07) is 4.05. The highest BCUT2D eigenvalue weighted by Crippen LogP contribution is 2.31. The van der Waals surface area contributed by atoms with Crippen LogP contribution >= 0.6 is 0 Å². The van der Waals surface area contributed by atoms with Crippen LogP contribution in [0.4, 0.5) is 16.3 Å². The molecule has 0 saturated heterocycles. The molecule has 9 nitrogen and oxygen atoms in total. The van der Waals surface area contributed by atoms with Crippen molar-refractivity contribution in [2.45, 2.75) is 102 Å². The van der Waals surface area contributed by atoms with Crippen molar-refractivity contribution in [3.05, 3.63) is 30.4 Å². The van der Waals surface area contributed by atoms with Gasteiger partial charge in [0.2, 0.25) is 5.88 Å². The standard InChI is InChI=1S/C26H38N4O5/c1-19(33-26(32)34-22-10-6-3-7-11-22)12-15-25(31)35-24-17-29(20-8-4-2-5-9-20)18-30(24)21-13-14-23(27)28-16-21/h13-14,16-17,19-20,22H,2-12,15,18H2,1H3,(H2,27,28). The lowest BCUT2D eigenvalue weighted by Crippen LogP contribution is -2.36. The first-order valence-electron chi connectivity index (χ1n) is 13.0. The molecule has 2 aliphatic carbocycles. The van der Waals surface area contributed by atoms with Gasteiger partial charge in [0.05, 0.1) is 24.8 Å². The normalized spacial score (nSPS) is 20.3. The second-order valence-corrected chi connectivity index (χ2v) is 9.85. The van der Waals surface area contributed by atoms with Crippen LogP contribution in [0.15, 0.2) is 30.4 Å². The Labute approximate surface area is 207 Å². The maximum Gasteiger partial charge on any atom is 0.508 e. The Morgan fingerprint density at radius 2 is 1.80 bits per heavy atom. The van der Waals surface area contributed by atoms with E-state index in [0.717, 1.165) is 44.2 Å². The van der Waals surface area contributed by atoms with Crippen molar-refractivity contribution in [2.24, 2.45) is 0 Å². The van der Waals surface area contributed by atoms with E-state index >= 15 is 0 Å². The van der Waals surface area contributed by atoms with E-state index in [-0.39, 0.29) is 18.5 Å². The third-order valence-electron chi connectivity index (χ3n) is 7.06. The number of ether oxygens (including phenoxy) is 3. The van der Waals surface area contributed by atoms with Crippen LogP contribution in [0, 0.1) is 0 Å². The Morgan fingerprint density at radius 3 is 2.49 bits per heavy atom. The topological polar surface area (TPSA) is 107 Å². The summed E-state index contributed by atoms with van der Waals surface area (Å²) in [7, 11) is 0. The summed E-state index contributed by atoms with van der Waals surface area (Å²) in [5.41, 5.74) is 6.57. The number of aromatic nitrogens is 1. The summed E-state index contributed by atoms with van der Waals surface area (Å²) in [5, 5.41) is 0. The van der Waals surface area contributed by atoms with Gasteiger partial charge in [0, 0.05) is 12.5 Å². The van der Waals surface area contributed by atoms with Crippen molar-refractivity contribution in [3.8, 4) is 0 Å². The number of nitrogens with zero attached hydrogens (tertiary/aromatic N) is 3. The lowest BCUT2D eigenvalue weighted by Gasteiger charge is -2.32. The number of nitrogen functional groups attached to an aromatic ring is 1. The Balaban J connectivity index is 1.29. The van der Waals surface area contributed by atoms with E-state index in [0.29, 0.717) is 30.8 Å². The molecule has 1 atom stereocenters. The summed E-state index contributed by atoms with van der Waals surface area (Å²) in [6.45, 7) is 2.37. The lowest BCUT2D eigenvalue weighted by molar-refractivity contribution is -0.140. The van der Waals surface area contributed by atoms with E-state index < -0.39 is 12.3 Å². The predicted molar refractivity (Wildman–Crippen MR) is 132 cm³/mol. The van der Waals surface area contributed by atoms with Crippen molar-refractivity contribution in [3.63, 3.8) is 0 Å². The van der Waals surface area contributed by atoms with Gasteiger partial charge in [0.15, 0.2) is 0 Å². The number of pyridine rings is 1. The third-order valence-corrected chi connectivity index (χ3v) is 7.06. The molecule has 3 aliphatic rings. The van der Waals surface area contributed by atoms with Gasteiger partial charge in [-0.1, -0.05) is 25.7 Å². The van der Waals surface area contributed by atoms with Crippen LogP contribution in [0.5, 0.6) is 0 Å². The summed E-state index contributed by atoms with van der Waals surface area (Å²) >= 11 is 0. The monoisotopic (exact) mass is 486 g/mol. The van der Waals surface area contributed by atoms with Crippen LogP contribution in [0.1, 0.15) is 84.0 Å². The van der Waals surface area contributed by atoms with Crippen LogP contribution in [0.2, 0.25) is 0 Å². The number of nitrogens with two attached hydrogens (primary N) is 1. The fraction of sp³-hybridized carbons (Fsp3) is 0.654. The van der Waals surface area contributed by atoms with E-state index in [1.54, 1.807) is 19.2 Å². The van der Waals surface area contributed by atoms with Gasteiger partial charge in [-0.2, -0.15) is 0 Å². The molecule has 2 fully saturated rings. The zero-order chi connectivity index (χ0) is 24.6. The van der Waals surface area contributed by atoms with Crippen molar-refractivity contribution < 1.29 is 23.8 Å². The largest absolute Gasteiger partial charge is 0.508 e. The molecule has 1 aromatic rings. The SMILES string of the molecule is CC(CCC(=O)OC1=CN(C2CCCCC2)CN1c1ccc(N)nc1)OC(=O)OC1CCCCC1. The molecule has 9 heteroatoms. The number of carbonyl (C=O) groups is 2. The second kappa shape index (κ2) is 12.1. The maximum absolute atomic E-state index is 12.7. The van der Waals surface area contributed by atoms with Gasteiger partial charge in [0.1, 0.15) is 18.0 Å². The molecule has 1 aromatic heterocycles. The highest BCUT2D eigenvalue weighted by Gasteiger charge is 2.31. The van der Waals surface area contributed by atoms with Gasteiger partial charge in [-0.15, -0.1) is 0 Å². The number of esters is 1. The summed E-state index contributed by atoms with van der Waals surface area (Å²) in [6.07, 6.45) is 14.1. The van der Waals surface area contributed by atoms with E-state index in [2.05, 4.69) is 9.88 Å². The fourth-order valence-electron chi connectivity index (χ4n) is 5.03. The smallest absolute Gasteiger partial charge is 0.431 e. The van der Waals surface area contributed by atoms with Crippen molar-refractivity contribution in [1.29, 1.82) is 0 Å². The fourth-order valence-corrected chi connectivity index (χ4v) is 5.03. The molecule has 192 valence electrons. The minimum absolute atomic E-state index is 0.0522. The van der Waals surface area contributed by atoms with Gasteiger partial charge in [0.25, 0.3) is 0 Å². The highest BCUT2D eigenvalue weighted by atomic mass is 16.7. The molecule has 4 rings (SSSR count). The molecule has 0 amide bonds. The molecule has 2 heterocycles. The molecule has 0 bridgehead atoms. The van der Waals surface area contributed by atoms with Crippen molar-refractivity contribution in [2.75, 3.05) is 17.3 Å². The zero-order valence-electron chi connectivity index (χ0n) is 20.7. The maximum atomic E-state index is 12.7. The summed E-state index contributed by atoms with van der Waals surface area (Å²) in [4.78, 5) is 33.2. The predicted octanol–water partition coefficient (Wildman–Crippen LogP) is 5.07. The van der Waals surface area contributed by atoms with Gasteiger partial charge >= 0.3 is 12.1 Å². The zero-order valence-corrected chi connectivity index (χ0v) is 20.7. The Bertz CT molecular complexity index is 878. The molecule has 35 heavy (non-hydrogen) atoms. The van der Waals surface area contributed by atoms with E-state index in [4.69, 9.17) is 19.9 Å². The quantitative estimate of drug-likeness (QED) is 0.504. The van der Waals surface area contributed by atoms with Crippen LogP contribution < -0.4 is 10.6 Å². The third kappa shape index (κ3) is 7.26. The summed E-state index contributed by atoms with van der Waals surface area (Å²) < 4.78 is 16.5. The van der Waals surface area contributed by atoms with Crippen molar-refractivity contribution >= 4 is 23.6 Å². The van der Waals surface area contributed by atoms with E-state index in [1.165, 1.54) is 25.7 Å². The molecule has 2 saturated carbocycles. The summed E-state index contributed by atoms with van der Waals surface area (Å²) in [5.74, 6) is 0.555. The average molecular weight is 487 g/mol. The molecule has 0 aromatic carbocycles. The average Bonchev–Trinajstić information content (AvgIpc) is 3.28. The van der Waals surface area contributed by atoms with Crippen molar-refractivity contribution in [1.82, 2.24) is 9.88 Å². The van der Waals surface area contributed by atoms with Gasteiger partial charge in [-0.05, 0) is 64.0 Å². The van der Waals surface area contributed by atoms with Crippen LogP contribution in [0.25, 0.3) is 0 Å². The number of rotatable bonds is 8. The van der Waals surface area contributed by atoms with E-state index in [9.17, 15) is 9.59 Å². The molecule has 0 radical (unpaired) electrons. The minimum Gasteiger partial charge on any atom is -0.431 e. The van der Waals surface area contributed by atoms with Gasteiger partial charge < -0.3 is 24.8 Å². The van der Waals surface area contributed by atoms with Crippen LogP contribution in [-0.4, -0.2) is 46.9 Å². The van der Waals surface area contributed by atoms with Gasteiger partial charge in [-0.3, -0.25) is 9.69 Å². The van der Waals surface area contributed by atoms with E-state index in [1.807, 2.05) is 17.2 Å². The molecule has 1 unspecified atom stereocenters. The Morgan fingerprint density at radius 1 is 1.09 bits per heavy atom. The molecule has 0 spiro atoms.